The lowest BCUT2D eigenvalue weighted by Crippen LogP contribution is -2.53. The summed E-state index contributed by atoms with van der Waals surface area (Å²) in [5.74, 6) is 0.158. The van der Waals surface area contributed by atoms with Crippen LogP contribution in [0.25, 0.3) is 0 Å². The van der Waals surface area contributed by atoms with E-state index in [9.17, 15) is 9.90 Å². The van der Waals surface area contributed by atoms with Crippen molar-refractivity contribution in [2.24, 2.45) is 5.41 Å². The van der Waals surface area contributed by atoms with E-state index in [4.69, 9.17) is 0 Å². The van der Waals surface area contributed by atoms with Crippen molar-refractivity contribution in [3.05, 3.63) is 0 Å². The summed E-state index contributed by atoms with van der Waals surface area (Å²) in [4.78, 5) is 12.4. The van der Waals surface area contributed by atoms with E-state index in [1.807, 2.05) is 0 Å². The summed E-state index contributed by atoms with van der Waals surface area (Å²) in [5.41, 5.74) is -0.809. The Kier molecular flexibility index (Phi) is 4.28. The minimum atomic E-state index is -0.615. The molecule has 4 heteroatoms. The first kappa shape index (κ1) is 13.8. The van der Waals surface area contributed by atoms with Gasteiger partial charge in [0.25, 0.3) is 0 Å². The van der Waals surface area contributed by atoms with Crippen LogP contribution >= 0.6 is 0 Å². The van der Waals surface area contributed by atoms with Gasteiger partial charge in [0.05, 0.1) is 11.0 Å². The molecule has 0 atom stereocenters. The molecule has 1 saturated carbocycles. The van der Waals surface area contributed by atoms with Gasteiger partial charge in [-0.25, -0.2) is 0 Å². The highest BCUT2D eigenvalue weighted by Crippen LogP contribution is 2.35. The van der Waals surface area contributed by atoms with Gasteiger partial charge < -0.3 is 15.7 Å². The number of aliphatic hydroxyl groups is 1. The summed E-state index contributed by atoms with van der Waals surface area (Å²) >= 11 is 0. The van der Waals surface area contributed by atoms with Crippen molar-refractivity contribution < 1.29 is 9.90 Å². The molecular weight excluding hydrogens is 228 g/mol. The van der Waals surface area contributed by atoms with Crippen LogP contribution in [-0.4, -0.2) is 36.2 Å². The Morgan fingerprint density at radius 3 is 2.44 bits per heavy atom. The summed E-state index contributed by atoms with van der Waals surface area (Å²) in [6.07, 6.45) is 6.58. The second-order valence-corrected chi connectivity index (χ2v) is 6.04. The van der Waals surface area contributed by atoms with Crippen LogP contribution in [0, 0.1) is 5.41 Å². The fraction of sp³-hybridized carbons (Fsp3) is 0.929. The lowest BCUT2D eigenvalue weighted by atomic mass is 9.74. The second-order valence-electron chi connectivity index (χ2n) is 6.04. The smallest absolute Gasteiger partial charge is 0.226 e. The number of amides is 1. The van der Waals surface area contributed by atoms with Gasteiger partial charge in [0.15, 0.2) is 0 Å². The molecule has 0 radical (unpaired) electrons. The van der Waals surface area contributed by atoms with E-state index < -0.39 is 5.60 Å². The molecule has 0 aromatic carbocycles. The molecule has 1 heterocycles. The number of hydrogen-bond acceptors (Lipinski definition) is 3. The SMILES string of the molecule is CCCC1(C(=O)NCC2(O)CCC2)CCNCC1. The summed E-state index contributed by atoms with van der Waals surface area (Å²) in [6, 6.07) is 0. The Labute approximate surface area is 110 Å². The molecule has 0 unspecified atom stereocenters. The van der Waals surface area contributed by atoms with Gasteiger partial charge in [-0.05, 0) is 51.6 Å². The van der Waals surface area contributed by atoms with Gasteiger partial charge in [0.1, 0.15) is 0 Å². The lowest BCUT2D eigenvalue weighted by Gasteiger charge is -2.40. The molecule has 3 N–H and O–H groups in total. The van der Waals surface area contributed by atoms with E-state index >= 15 is 0 Å². The summed E-state index contributed by atoms with van der Waals surface area (Å²) in [6.45, 7) is 4.43. The molecule has 104 valence electrons. The molecule has 2 fully saturated rings. The summed E-state index contributed by atoms with van der Waals surface area (Å²) < 4.78 is 0. The van der Waals surface area contributed by atoms with Gasteiger partial charge in [-0.2, -0.15) is 0 Å². The van der Waals surface area contributed by atoms with E-state index in [1.54, 1.807) is 0 Å². The van der Waals surface area contributed by atoms with Crippen molar-refractivity contribution in [3.8, 4) is 0 Å². The molecule has 4 nitrogen and oxygen atoms in total. The molecule has 0 aromatic rings. The maximum atomic E-state index is 12.4. The Hall–Kier alpha value is -0.610. The van der Waals surface area contributed by atoms with E-state index in [1.165, 1.54) is 0 Å². The predicted molar refractivity (Wildman–Crippen MR) is 71.3 cm³/mol. The first-order valence-electron chi connectivity index (χ1n) is 7.32. The van der Waals surface area contributed by atoms with Crippen molar-refractivity contribution in [1.29, 1.82) is 0 Å². The van der Waals surface area contributed by atoms with Crippen LogP contribution in [0.1, 0.15) is 51.9 Å². The van der Waals surface area contributed by atoms with E-state index in [2.05, 4.69) is 17.6 Å². The topological polar surface area (TPSA) is 61.4 Å². The first-order chi connectivity index (χ1) is 8.60. The zero-order valence-electron chi connectivity index (χ0n) is 11.4. The van der Waals surface area contributed by atoms with Crippen LogP contribution < -0.4 is 10.6 Å². The first-order valence-corrected chi connectivity index (χ1v) is 7.32. The summed E-state index contributed by atoms with van der Waals surface area (Å²) in [5, 5.41) is 16.4. The fourth-order valence-corrected chi connectivity index (χ4v) is 3.17. The maximum Gasteiger partial charge on any atom is 0.226 e. The average molecular weight is 254 g/mol. The largest absolute Gasteiger partial charge is 0.388 e. The monoisotopic (exact) mass is 254 g/mol. The van der Waals surface area contributed by atoms with E-state index in [-0.39, 0.29) is 11.3 Å². The van der Waals surface area contributed by atoms with Crippen LogP contribution in [0.4, 0.5) is 0 Å². The Balaban J connectivity index is 1.90. The zero-order chi connectivity index (χ0) is 13.1. The van der Waals surface area contributed by atoms with Crippen molar-refractivity contribution in [3.63, 3.8) is 0 Å². The van der Waals surface area contributed by atoms with Gasteiger partial charge in [-0.15, -0.1) is 0 Å². The lowest BCUT2D eigenvalue weighted by molar-refractivity contribution is -0.135. The minimum Gasteiger partial charge on any atom is -0.388 e. The highest BCUT2D eigenvalue weighted by atomic mass is 16.3. The normalized spacial score (nSPS) is 25.2. The second kappa shape index (κ2) is 5.57. The molecule has 1 amide bonds. The van der Waals surface area contributed by atoms with Gasteiger partial charge in [-0.1, -0.05) is 13.3 Å². The van der Waals surface area contributed by atoms with Crippen LogP contribution in [-0.2, 0) is 4.79 Å². The highest BCUT2D eigenvalue weighted by molar-refractivity contribution is 5.82. The standard InChI is InChI=1S/C14H26N2O2/c1-2-4-13(7-9-15-10-8-13)12(17)16-11-14(18)5-3-6-14/h15,18H,2-11H2,1H3,(H,16,17). The van der Waals surface area contributed by atoms with Gasteiger partial charge in [-0.3, -0.25) is 4.79 Å². The van der Waals surface area contributed by atoms with Crippen LogP contribution in [0.2, 0.25) is 0 Å². The number of nitrogens with one attached hydrogen (secondary N) is 2. The van der Waals surface area contributed by atoms with Crippen molar-refractivity contribution in [2.45, 2.75) is 57.5 Å². The number of carbonyl (C=O) groups excluding carboxylic acids is 1. The highest BCUT2D eigenvalue weighted by Gasteiger charge is 2.40. The predicted octanol–water partition coefficient (Wildman–Crippen LogP) is 1.19. The maximum absolute atomic E-state index is 12.4. The molecule has 2 aliphatic rings. The van der Waals surface area contributed by atoms with Gasteiger partial charge >= 0.3 is 0 Å². The third-order valence-electron chi connectivity index (χ3n) is 4.63. The average Bonchev–Trinajstić information content (AvgIpc) is 2.35. The molecule has 18 heavy (non-hydrogen) atoms. The van der Waals surface area contributed by atoms with E-state index in [0.29, 0.717) is 6.54 Å². The van der Waals surface area contributed by atoms with Crippen molar-refractivity contribution in [2.75, 3.05) is 19.6 Å². The molecule has 0 bridgehead atoms. The van der Waals surface area contributed by atoms with Crippen molar-refractivity contribution >= 4 is 5.91 Å². The number of hydrogen-bond donors (Lipinski definition) is 3. The molecule has 1 saturated heterocycles. The third kappa shape index (κ3) is 2.86. The molecular formula is C14H26N2O2. The zero-order valence-corrected chi connectivity index (χ0v) is 11.4. The number of rotatable bonds is 5. The van der Waals surface area contributed by atoms with Gasteiger partial charge in [0, 0.05) is 6.54 Å². The Morgan fingerprint density at radius 1 is 1.28 bits per heavy atom. The minimum absolute atomic E-state index is 0.158. The molecule has 2 rings (SSSR count). The van der Waals surface area contributed by atoms with Crippen LogP contribution in [0.3, 0.4) is 0 Å². The number of carbonyl (C=O) groups is 1. The fourth-order valence-electron chi connectivity index (χ4n) is 3.17. The summed E-state index contributed by atoms with van der Waals surface area (Å²) in [7, 11) is 0. The van der Waals surface area contributed by atoms with E-state index in [0.717, 1.165) is 58.0 Å². The van der Waals surface area contributed by atoms with Gasteiger partial charge in [0.2, 0.25) is 5.91 Å². The molecule has 1 aliphatic carbocycles. The Morgan fingerprint density at radius 2 is 1.94 bits per heavy atom. The van der Waals surface area contributed by atoms with Crippen LogP contribution in [0.5, 0.6) is 0 Å². The van der Waals surface area contributed by atoms with Crippen molar-refractivity contribution in [1.82, 2.24) is 10.6 Å². The molecule has 0 aromatic heterocycles. The molecule has 0 spiro atoms. The van der Waals surface area contributed by atoms with Crippen LogP contribution in [0.15, 0.2) is 0 Å². The quantitative estimate of drug-likeness (QED) is 0.690. The number of piperidine rings is 1. The third-order valence-corrected chi connectivity index (χ3v) is 4.63. The molecule has 1 aliphatic heterocycles. The Bertz CT molecular complexity index is 289.